The van der Waals surface area contributed by atoms with E-state index in [9.17, 15) is 4.39 Å². The first-order valence-corrected chi connectivity index (χ1v) is 7.56. The van der Waals surface area contributed by atoms with Gasteiger partial charge in [0.25, 0.3) is 0 Å². The van der Waals surface area contributed by atoms with Gasteiger partial charge in [-0.2, -0.15) is 0 Å². The van der Waals surface area contributed by atoms with Crippen molar-refractivity contribution in [3.63, 3.8) is 0 Å². The third-order valence-electron chi connectivity index (χ3n) is 3.74. The smallest absolute Gasteiger partial charge is 0.147 e. The minimum absolute atomic E-state index is 0.235. The zero-order valence-electron chi connectivity index (χ0n) is 13.0. The molecule has 0 bridgehead atoms. The molecule has 5 heteroatoms. The number of ether oxygens (including phenoxy) is 2. The van der Waals surface area contributed by atoms with Crippen LogP contribution in [0.3, 0.4) is 0 Å². The molecule has 120 valence electrons. The Kier molecular flexibility index (Phi) is 4.88. The van der Waals surface area contributed by atoms with Gasteiger partial charge in [-0.05, 0) is 29.8 Å². The van der Waals surface area contributed by atoms with Crippen molar-refractivity contribution in [3.05, 3.63) is 53.8 Å². The summed E-state index contributed by atoms with van der Waals surface area (Å²) < 4.78 is 24.8. The fourth-order valence-corrected chi connectivity index (χ4v) is 2.50. The van der Waals surface area contributed by atoms with Crippen molar-refractivity contribution in [3.8, 4) is 5.75 Å². The summed E-state index contributed by atoms with van der Waals surface area (Å²) in [5, 5.41) is 0. The van der Waals surface area contributed by atoms with Gasteiger partial charge in [-0.3, -0.25) is 4.99 Å². The first-order valence-electron chi connectivity index (χ1n) is 7.56. The lowest BCUT2D eigenvalue weighted by Gasteiger charge is -2.29. The topological polar surface area (TPSA) is 34.1 Å². The van der Waals surface area contributed by atoms with E-state index in [0.717, 1.165) is 17.0 Å². The lowest BCUT2D eigenvalue weighted by atomic mass is 10.2. The van der Waals surface area contributed by atoms with E-state index in [1.54, 1.807) is 19.4 Å². The normalized spacial score (nSPS) is 15.1. The fraction of sp³-hybridized carbons (Fsp3) is 0.278. The molecule has 1 saturated heterocycles. The largest absolute Gasteiger partial charge is 0.497 e. The SMILES string of the molecule is COc1cccc(N=Cc2ccc(N3CCOCC3)c(F)c2)c1. The molecule has 1 heterocycles. The van der Waals surface area contributed by atoms with Crippen molar-refractivity contribution in [2.45, 2.75) is 0 Å². The number of rotatable bonds is 4. The summed E-state index contributed by atoms with van der Waals surface area (Å²) in [4.78, 5) is 6.36. The molecule has 2 aromatic rings. The van der Waals surface area contributed by atoms with Crippen LogP contribution in [-0.2, 0) is 4.74 Å². The predicted octanol–water partition coefficient (Wildman–Crippen LogP) is 3.42. The number of hydrogen-bond acceptors (Lipinski definition) is 4. The van der Waals surface area contributed by atoms with Gasteiger partial charge in [-0.1, -0.05) is 12.1 Å². The van der Waals surface area contributed by atoms with Gasteiger partial charge >= 0.3 is 0 Å². The highest BCUT2D eigenvalue weighted by atomic mass is 19.1. The second kappa shape index (κ2) is 7.24. The van der Waals surface area contributed by atoms with Crippen LogP contribution < -0.4 is 9.64 Å². The van der Waals surface area contributed by atoms with Gasteiger partial charge in [-0.25, -0.2) is 4.39 Å². The molecule has 3 rings (SSSR count). The molecule has 23 heavy (non-hydrogen) atoms. The molecule has 0 atom stereocenters. The lowest BCUT2D eigenvalue weighted by molar-refractivity contribution is 0.122. The maximum atomic E-state index is 14.3. The van der Waals surface area contributed by atoms with Crippen LogP contribution in [0.15, 0.2) is 47.5 Å². The van der Waals surface area contributed by atoms with Gasteiger partial charge in [0.2, 0.25) is 0 Å². The maximum Gasteiger partial charge on any atom is 0.147 e. The number of hydrogen-bond donors (Lipinski definition) is 0. The number of aliphatic imine (C=N–C) groups is 1. The molecule has 0 aromatic heterocycles. The molecule has 1 aliphatic heterocycles. The average molecular weight is 314 g/mol. The van der Waals surface area contributed by atoms with Crippen molar-refractivity contribution in [2.75, 3.05) is 38.3 Å². The van der Waals surface area contributed by atoms with Gasteiger partial charge in [-0.15, -0.1) is 0 Å². The Labute approximate surface area is 135 Å². The van der Waals surface area contributed by atoms with Gasteiger partial charge in [0.15, 0.2) is 0 Å². The Morgan fingerprint density at radius 1 is 1.17 bits per heavy atom. The Hall–Kier alpha value is -2.40. The Morgan fingerprint density at radius 2 is 2.00 bits per heavy atom. The molecule has 0 unspecified atom stereocenters. The van der Waals surface area contributed by atoms with Crippen molar-refractivity contribution < 1.29 is 13.9 Å². The summed E-state index contributed by atoms with van der Waals surface area (Å²) >= 11 is 0. The van der Waals surface area contributed by atoms with E-state index in [1.165, 1.54) is 6.07 Å². The molecule has 0 amide bonds. The van der Waals surface area contributed by atoms with Crippen molar-refractivity contribution >= 4 is 17.6 Å². The maximum absolute atomic E-state index is 14.3. The minimum Gasteiger partial charge on any atom is -0.497 e. The molecule has 1 fully saturated rings. The van der Waals surface area contributed by atoms with Crippen LogP contribution in [-0.4, -0.2) is 39.6 Å². The first kappa shape index (κ1) is 15.5. The Morgan fingerprint density at radius 3 is 2.74 bits per heavy atom. The van der Waals surface area contributed by atoms with E-state index in [0.29, 0.717) is 32.0 Å². The molecule has 0 spiro atoms. The van der Waals surface area contributed by atoms with E-state index in [-0.39, 0.29) is 5.82 Å². The third kappa shape index (κ3) is 3.87. The second-order valence-electron chi connectivity index (χ2n) is 5.27. The monoisotopic (exact) mass is 314 g/mol. The molecular formula is C18H19FN2O2. The highest BCUT2D eigenvalue weighted by Gasteiger charge is 2.14. The van der Waals surface area contributed by atoms with E-state index in [2.05, 4.69) is 4.99 Å². The summed E-state index contributed by atoms with van der Waals surface area (Å²) in [5.74, 6) is 0.509. The van der Waals surface area contributed by atoms with Crippen LogP contribution in [0.25, 0.3) is 0 Å². The highest BCUT2D eigenvalue weighted by molar-refractivity contribution is 5.82. The Bertz CT molecular complexity index is 697. The fourth-order valence-electron chi connectivity index (χ4n) is 2.50. The van der Waals surface area contributed by atoms with Crippen LogP contribution in [0.2, 0.25) is 0 Å². The van der Waals surface area contributed by atoms with E-state index in [1.807, 2.05) is 35.2 Å². The van der Waals surface area contributed by atoms with Gasteiger partial charge in [0.05, 0.1) is 31.7 Å². The molecule has 2 aromatic carbocycles. The van der Waals surface area contributed by atoms with Crippen molar-refractivity contribution in [2.24, 2.45) is 4.99 Å². The Balaban J connectivity index is 1.75. The molecular weight excluding hydrogens is 295 g/mol. The summed E-state index contributed by atoms with van der Waals surface area (Å²) in [6.07, 6.45) is 1.65. The molecule has 0 saturated carbocycles. The van der Waals surface area contributed by atoms with Crippen molar-refractivity contribution in [1.82, 2.24) is 0 Å². The summed E-state index contributed by atoms with van der Waals surface area (Å²) in [7, 11) is 1.61. The average Bonchev–Trinajstić information content (AvgIpc) is 2.61. The van der Waals surface area contributed by atoms with Gasteiger partial charge in [0, 0.05) is 25.4 Å². The van der Waals surface area contributed by atoms with Gasteiger partial charge in [0.1, 0.15) is 11.6 Å². The predicted molar refractivity (Wildman–Crippen MR) is 89.7 cm³/mol. The number of methoxy groups -OCH3 is 1. The quantitative estimate of drug-likeness (QED) is 0.811. The summed E-state index contributed by atoms with van der Waals surface area (Å²) in [6.45, 7) is 2.71. The van der Waals surface area contributed by atoms with E-state index in [4.69, 9.17) is 9.47 Å². The van der Waals surface area contributed by atoms with Crippen LogP contribution in [0, 0.1) is 5.82 Å². The zero-order valence-corrected chi connectivity index (χ0v) is 13.0. The molecule has 0 N–H and O–H groups in total. The van der Waals surface area contributed by atoms with Crippen LogP contribution in [0.4, 0.5) is 15.8 Å². The van der Waals surface area contributed by atoms with Crippen LogP contribution in [0.5, 0.6) is 5.75 Å². The number of nitrogens with zero attached hydrogens (tertiary/aromatic N) is 2. The molecule has 1 aliphatic rings. The molecule has 0 radical (unpaired) electrons. The standard InChI is InChI=1S/C18H19FN2O2/c1-22-16-4-2-3-15(12-16)20-13-14-5-6-18(17(19)11-14)21-7-9-23-10-8-21/h2-6,11-13H,7-10H2,1H3. The van der Waals surface area contributed by atoms with Crippen molar-refractivity contribution in [1.29, 1.82) is 0 Å². The lowest BCUT2D eigenvalue weighted by Crippen LogP contribution is -2.36. The van der Waals surface area contributed by atoms with Crippen LogP contribution in [0.1, 0.15) is 5.56 Å². The van der Waals surface area contributed by atoms with E-state index < -0.39 is 0 Å². The second-order valence-corrected chi connectivity index (χ2v) is 5.27. The number of anilines is 1. The summed E-state index contributed by atoms with van der Waals surface area (Å²) in [6, 6.07) is 12.6. The molecule has 0 aliphatic carbocycles. The first-order chi connectivity index (χ1) is 11.3. The third-order valence-corrected chi connectivity index (χ3v) is 3.74. The van der Waals surface area contributed by atoms with E-state index >= 15 is 0 Å². The minimum atomic E-state index is -0.235. The number of morpholine rings is 1. The molecule has 4 nitrogen and oxygen atoms in total. The highest BCUT2D eigenvalue weighted by Crippen LogP contribution is 2.22. The number of halogens is 1. The summed E-state index contributed by atoms with van der Waals surface area (Å²) in [5.41, 5.74) is 2.11. The van der Waals surface area contributed by atoms with Gasteiger partial charge < -0.3 is 14.4 Å². The van der Waals surface area contributed by atoms with Crippen LogP contribution >= 0.6 is 0 Å². The number of benzene rings is 2. The zero-order chi connectivity index (χ0) is 16.1.